The van der Waals surface area contributed by atoms with Gasteiger partial charge in [-0.25, -0.2) is 0 Å². The maximum absolute atomic E-state index is 4.46. The molecule has 3 rings (SSSR count). The zero-order valence-corrected chi connectivity index (χ0v) is 8.29. The van der Waals surface area contributed by atoms with Gasteiger partial charge in [-0.05, 0) is 6.07 Å². The molecule has 0 saturated carbocycles. The summed E-state index contributed by atoms with van der Waals surface area (Å²) in [5.74, 6) is 0. The van der Waals surface area contributed by atoms with Crippen LogP contribution in [-0.4, -0.2) is 12.8 Å². The molecule has 0 N–H and O–H groups in total. The Labute approximate surface area is 84.9 Å². The van der Waals surface area contributed by atoms with E-state index in [0.717, 1.165) is 4.67 Å². The number of rotatable bonds is 0. The van der Waals surface area contributed by atoms with Crippen molar-refractivity contribution in [3.05, 3.63) is 34.2 Å². The van der Waals surface area contributed by atoms with Crippen molar-refractivity contribution < 1.29 is 0 Å². The molecule has 1 aromatic heterocycles. The van der Waals surface area contributed by atoms with Gasteiger partial charge in [-0.2, -0.15) is 0 Å². The molecular weight excluding hydrogens is 192 g/mol. The number of fused-ring (bicyclic) bond motifs is 3. The number of hydrogen-bond acceptors (Lipinski definition) is 3. The number of benzene rings is 1. The van der Waals surface area contributed by atoms with Crippen LogP contribution >= 0.6 is 11.3 Å². The van der Waals surface area contributed by atoms with Crippen LogP contribution in [0.3, 0.4) is 0 Å². The van der Waals surface area contributed by atoms with Crippen molar-refractivity contribution in [3.63, 3.8) is 0 Å². The molecular formula is C11H8N2S. The number of aliphatic imine (C=N–C) groups is 1. The van der Waals surface area contributed by atoms with Gasteiger partial charge in [0.1, 0.15) is 4.67 Å². The number of nitrogens with zero attached hydrogens (tertiary/aromatic N) is 2. The Morgan fingerprint density at radius 1 is 1.21 bits per heavy atom. The Hall–Kier alpha value is -1.48. The molecule has 0 aliphatic carbocycles. The molecule has 0 spiro atoms. The van der Waals surface area contributed by atoms with Gasteiger partial charge in [0, 0.05) is 27.7 Å². The molecule has 2 heterocycles. The Balaban J connectivity index is 2.59. The van der Waals surface area contributed by atoms with Crippen LogP contribution in [0.1, 0.15) is 0 Å². The molecule has 3 heteroatoms. The first-order valence-corrected chi connectivity index (χ1v) is 5.31. The summed E-state index contributed by atoms with van der Waals surface area (Å²) in [6, 6.07) is 8.36. The lowest BCUT2D eigenvalue weighted by atomic mass is 10.2. The van der Waals surface area contributed by atoms with Gasteiger partial charge >= 0.3 is 0 Å². The molecule has 0 fully saturated rings. The minimum atomic E-state index is 0.691. The quantitative estimate of drug-likeness (QED) is 0.613. The minimum absolute atomic E-state index is 0.691. The molecule has 0 unspecified atom stereocenters. The molecule has 14 heavy (non-hydrogen) atoms. The normalized spacial score (nSPS) is 14.3. The van der Waals surface area contributed by atoms with E-state index >= 15 is 0 Å². The summed E-state index contributed by atoms with van der Waals surface area (Å²) in [4.78, 5) is 8.66. The molecule has 0 saturated heterocycles. The van der Waals surface area contributed by atoms with Crippen molar-refractivity contribution in [2.75, 3.05) is 6.54 Å². The van der Waals surface area contributed by atoms with Crippen LogP contribution in [0.25, 0.3) is 16.3 Å². The first-order chi connectivity index (χ1) is 6.95. The van der Waals surface area contributed by atoms with E-state index in [9.17, 15) is 0 Å². The summed E-state index contributed by atoms with van der Waals surface area (Å²) in [6.45, 7) is 0.691. The van der Waals surface area contributed by atoms with E-state index in [0.29, 0.717) is 6.54 Å². The highest BCUT2D eigenvalue weighted by molar-refractivity contribution is 7.16. The van der Waals surface area contributed by atoms with E-state index in [2.05, 4.69) is 34.3 Å². The summed E-state index contributed by atoms with van der Waals surface area (Å²) in [6.07, 6.45) is 3.74. The summed E-state index contributed by atoms with van der Waals surface area (Å²) >= 11 is 1.74. The molecule has 1 aliphatic rings. The zero-order chi connectivity index (χ0) is 9.38. The van der Waals surface area contributed by atoms with E-state index in [-0.39, 0.29) is 0 Å². The van der Waals surface area contributed by atoms with Crippen molar-refractivity contribution in [2.24, 2.45) is 9.98 Å². The Morgan fingerprint density at radius 3 is 3.14 bits per heavy atom. The molecule has 2 aromatic rings. The topological polar surface area (TPSA) is 24.7 Å². The van der Waals surface area contributed by atoms with Crippen molar-refractivity contribution in [3.8, 4) is 0 Å². The second kappa shape index (κ2) is 3.03. The fourth-order valence-electron chi connectivity index (χ4n) is 1.59. The third-order valence-electron chi connectivity index (χ3n) is 2.24. The lowest BCUT2D eigenvalue weighted by Crippen LogP contribution is -2.17. The van der Waals surface area contributed by atoms with E-state index in [1.165, 1.54) is 15.3 Å². The highest BCUT2D eigenvalue weighted by Gasteiger charge is 2.01. The summed E-state index contributed by atoms with van der Waals surface area (Å²) in [5, 5.41) is 2.43. The molecule has 68 valence electrons. The predicted octanol–water partition coefficient (Wildman–Crippen LogP) is 1.34. The Morgan fingerprint density at radius 2 is 2.14 bits per heavy atom. The van der Waals surface area contributed by atoms with Crippen LogP contribution in [0.5, 0.6) is 0 Å². The van der Waals surface area contributed by atoms with Crippen molar-refractivity contribution in [1.82, 2.24) is 0 Å². The largest absolute Gasteiger partial charge is 0.268 e. The second-order valence-corrected chi connectivity index (χ2v) is 4.15. The molecule has 2 nitrogen and oxygen atoms in total. The smallest absolute Gasteiger partial charge is 0.120 e. The zero-order valence-electron chi connectivity index (χ0n) is 7.47. The molecule has 1 aliphatic heterocycles. The molecule has 0 bridgehead atoms. The van der Waals surface area contributed by atoms with Gasteiger partial charge in [-0.15, -0.1) is 11.3 Å². The predicted molar refractivity (Wildman–Crippen MR) is 60.4 cm³/mol. The second-order valence-electron chi connectivity index (χ2n) is 3.12. The molecule has 1 aromatic carbocycles. The maximum Gasteiger partial charge on any atom is 0.120 e. The van der Waals surface area contributed by atoms with Gasteiger partial charge in [-0.1, -0.05) is 18.2 Å². The van der Waals surface area contributed by atoms with Crippen LogP contribution in [0.15, 0.2) is 34.3 Å². The molecule has 0 amide bonds. The summed E-state index contributed by atoms with van der Waals surface area (Å²) in [5.41, 5.74) is 0. The maximum atomic E-state index is 4.46. The highest BCUT2D eigenvalue weighted by atomic mass is 32.1. The fourth-order valence-corrected chi connectivity index (χ4v) is 2.65. The van der Waals surface area contributed by atoms with Gasteiger partial charge in [0.2, 0.25) is 0 Å². The third kappa shape index (κ3) is 1.09. The van der Waals surface area contributed by atoms with Crippen molar-refractivity contribution in [1.29, 1.82) is 0 Å². The first-order valence-electron chi connectivity index (χ1n) is 4.49. The summed E-state index contributed by atoms with van der Waals surface area (Å²) in [7, 11) is 0. The van der Waals surface area contributed by atoms with E-state index < -0.39 is 0 Å². The van der Waals surface area contributed by atoms with Crippen molar-refractivity contribution in [2.45, 2.75) is 0 Å². The molecule has 0 atom stereocenters. The Bertz CT molecular complexity index is 622. The van der Waals surface area contributed by atoms with Crippen LogP contribution in [0.2, 0.25) is 0 Å². The Kier molecular flexibility index (Phi) is 1.70. The fraction of sp³-hybridized carbons (Fsp3) is 0.0909. The standard InChI is InChI=1S/C11H8N2S/c1-2-4-10-8(3-1)9-7-12-5-6-13-11(9)14-10/h1-5,7H,6H2. The van der Waals surface area contributed by atoms with Gasteiger partial charge in [-0.3, -0.25) is 9.98 Å². The summed E-state index contributed by atoms with van der Waals surface area (Å²) < 4.78 is 2.39. The first kappa shape index (κ1) is 7.88. The van der Waals surface area contributed by atoms with Crippen LogP contribution in [-0.2, 0) is 0 Å². The van der Waals surface area contributed by atoms with E-state index in [1.54, 1.807) is 11.3 Å². The number of hydrogen-bond donors (Lipinski definition) is 0. The van der Waals surface area contributed by atoms with Gasteiger partial charge in [0.25, 0.3) is 0 Å². The monoisotopic (exact) mass is 200 g/mol. The minimum Gasteiger partial charge on any atom is -0.268 e. The van der Waals surface area contributed by atoms with Crippen LogP contribution in [0, 0.1) is 0 Å². The lowest BCUT2D eigenvalue weighted by Gasteiger charge is -1.84. The number of thiophene rings is 1. The van der Waals surface area contributed by atoms with Crippen molar-refractivity contribution >= 4 is 33.8 Å². The van der Waals surface area contributed by atoms with E-state index in [1.807, 2.05) is 12.4 Å². The third-order valence-corrected chi connectivity index (χ3v) is 3.36. The van der Waals surface area contributed by atoms with Gasteiger partial charge in [0.15, 0.2) is 0 Å². The van der Waals surface area contributed by atoms with Crippen LogP contribution < -0.4 is 9.89 Å². The van der Waals surface area contributed by atoms with Gasteiger partial charge in [0.05, 0.1) is 6.54 Å². The average molecular weight is 200 g/mol. The SMILES string of the molecule is C1=NC=c2c(sc3ccccc23)=NC1. The average Bonchev–Trinajstić information content (AvgIpc) is 2.42. The van der Waals surface area contributed by atoms with Crippen LogP contribution in [0.4, 0.5) is 0 Å². The van der Waals surface area contributed by atoms with Gasteiger partial charge < -0.3 is 0 Å². The lowest BCUT2D eigenvalue weighted by molar-refractivity contribution is 1.24. The van der Waals surface area contributed by atoms with E-state index in [4.69, 9.17) is 0 Å². The molecule has 0 radical (unpaired) electrons. The highest BCUT2D eigenvalue weighted by Crippen LogP contribution is 2.12.